The molecule has 0 amide bonds. The van der Waals surface area contributed by atoms with Crippen molar-refractivity contribution in [2.75, 3.05) is 47.6 Å². The van der Waals surface area contributed by atoms with E-state index in [1.807, 2.05) is 49.5 Å². The van der Waals surface area contributed by atoms with E-state index in [0.29, 0.717) is 30.5 Å². The van der Waals surface area contributed by atoms with E-state index in [1.54, 1.807) is 14.2 Å². The van der Waals surface area contributed by atoms with Gasteiger partial charge in [0.1, 0.15) is 19.3 Å². The van der Waals surface area contributed by atoms with Crippen molar-refractivity contribution in [2.24, 2.45) is 0 Å². The molecule has 1 atom stereocenters. The van der Waals surface area contributed by atoms with E-state index >= 15 is 0 Å². The second kappa shape index (κ2) is 8.67. The smallest absolute Gasteiger partial charge is 0.203 e. The molecule has 2 aromatic rings. The van der Waals surface area contributed by atoms with Crippen LogP contribution in [0.2, 0.25) is 0 Å². The molecule has 0 spiro atoms. The molecule has 1 aliphatic heterocycles. The predicted octanol–water partition coefficient (Wildman–Crippen LogP) is 2.85. The third-order valence-electron chi connectivity index (χ3n) is 4.18. The Balaban J connectivity index is 1.49. The van der Waals surface area contributed by atoms with Gasteiger partial charge in [-0.3, -0.25) is 4.90 Å². The number of hydrogen-bond acceptors (Lipinski definition) is 6. The molecule has 3 rings (SSSR count). The van der Waals surface area contributed by atoms with Gasteiger partial charge in [0.15, 0.2) is 23.0 Å². The zero-order chi connectivity index (χ0) is 18.4. The summed E-state index contributed by atoms with van der Waals surface area (Å²) in [6.45, 7) is 2.55. The third kappa shape index (κ3) is 4.32. The second-order valence-corrected chi connectivity index (χ2v) is 6.10. The molecule has 1 heterocycles. The van der Waals surface area contributed by atoms with E-state index in [1.165, 1.54) is 0 Å². The molecule has 0 radical (unpaired) electrons. The first-order valence-electron chi connectivity index (χ1n) is 8.62. The van der Waals surface area contributed by atoms with Crippen molar-refractivity contribution in [3.8, 4) is 28.7 Å². The maximum Gasteiger partial charge on any atom is 0.203 e. The van der Waals surface area contributed by atoms with Crippen LogP contribution in [-0.4, -0.2) is 58.6 Å². The Bertz CT molecular complexity index is 699. The van der Waals surface area contributed by atoms with Crippen molar-refractivity contribution in [1.29, 1.82) is 0 Å². The van der Waals surface area contributed by atoms with Gasteiger partial charge in [0.25, 0.3) is 0 Å². The molecule has 1 aliphatic rings. The second-order valence-electron chi connectivity index (χ2n) is 6.10. The molecule has 0 aliphatic carbocycles. The molecule has 0 aromatic heterocycles. The highest BCUT2D eigenvalue weighted by atomic mass is 16.6. The van der Waals surface area contributed by atoms with Gasteiger partial charge in [0.05, 0.1) is 14.2 Å². The van der Waals surface area contributed by atoms with Gasteiger partial charge in [-0.1, -0.05) is 18.2 Å². The lowest BCUT2D eigenvalue weighted by Gasteiger charge is -2.29. The normalized spacial score (nSPS) is 15.6. The summed E-state index contributed by atoms with van der Waals surface area (Å²) in [5.41, 5.74) is 0. The van der Waals surface area contributed by atoms with E-state index in [-0.39, 0.29) is 6.10 Å². The molecule has 26 heavy (non-hydrogen) atoms. The third-order valence-corrected chi connectivity index (χ3v) is 4.18. The van der Waals surface area contributed by atoms with Gasteiger partial charge in [-0.25, -0.2) is 0 Å². The minimum Gasteiger partial charge on any atom is -0.493 e. The monoisotopic (exact) mass is 359 g/mol. The van der Waals surface area contributed by atoms with Crippen LogP contribution in [0.4, 0.5) is 0 Å². The molecule has 0 saturated heterocycles. The summed E-state index contributed by atoms with van der Waals surface area (Å²) in [6, 6.07) is 13.3. The van der Waals surface area contributed by atoms with Gasteiger partial charge in [0, 0.05) is 13.1 Å². The molecule has 0 fully saturated rings. The molecule has 140 valence electrons. The van der Waals surface area contributed by atoms with E-state index in [0.717, 1.165) is 24.6 Å². The average molecular weight is 359 g/mol. The van der Waals surface area contributed by atoms with Crippen LogP contribution in [0.15, 0.2) is 42.5 Å². The predicted molar refractivity (Wildman–Crippen MR) is 98.9 cm³/mol. The van der Waals surface area contributed by atoms with E-state index < -0.39 is 0 Å². The SMILES string of the molecule is COc1cccc(OC)c1OCCN(C)CC1COc2ccccc2O1. The van der Waals surface area contributed by atoms with E-state index in [4.69, 9.17) is 23.7 Å². The average Bonchev–Trinajstić information content (AvgIpc) is 2.67. The number of ether oxygens (including phenoxy) is 5. The maximum atomic E-state index is 5.99. The Morgan fingerprint density at radius 1 is 1.00 bits per heavy atom. The number of likely N-dealkylation sites (N-methyl/N-ethyl adjacent to an activating group) is 1. The van der Waals surface area contributed by atoms with Crippen molar-refractivity contribution < 1.29 is 23.7 Å². The number of rotatable bonds is 8. The van der Waals surface area contributed by atoms with Gasteiger partial charge in [0.2, 0.25) is 5.75 Å². The lowest BCUT2D eigenvalue weighted by molar-refractivity contribution is 0.0620. The van der Waals surface area contributed by atoms with Crippen molar-refractivity contribution in [2.45, 2.75) is 6.10 Å². The minimum atomic E-state index is -0.00398. The zero-order valence-corrected chi connectivity index (χ0v) is 15.4. The summed E-state index contributed by atoms with van der Waals surface area (Å²) >= 11 is 0. The van der Waals surface area contributed by atoms with Gasteiger partial charge in [-0.05, 0) is 31.3 Å². The maximum absolute atomic E-state index is 5.99. The molecule has 6 nitrogen and oxygen atoms in total. The minimum absolute atomic E-state index is 0.00398. The van der Waals surface area contributed by atoms with Crippen LogP contribution in [0.1, 0.15) is 0 Å². The summed E-state index contributed by atoms with van der Waals surface area (Å²) in [5.74, 6) is 3.54. The summed E-state index contributed by atoms with van der Waals surface area (Å²) in [7, 11) is 5.27. The fourth-order valence-electron chi connectivity index (χ4n) is 2.85. The highest BCUT2D eigenvalue weighted by molar-refractivity contribution is 5.51. The van der Waals surface area contributed by atoms with Gasteiger partial charge >= 0.3 is 0 Å². The molecule has 1 unspecified atom stereocenters. The first-order valence-corrected chi connectivity index (χ1v) is 8.62. The fourth-order valence-corrected chi connectivity index (χ4v) is 2.85. The topological polar surface area (TPSA) is 49.4 Å². The van der Waals surface area contributed by atoms with Gasteiger partial charge < -0.3 is 23.7 Å². The summed E-state index contributed by atoms with van der Waals surface area (Å²) in [5, 5.41) is 0. The summed E-state index contributed by atoms with van der Waals surface area (Å²) in [4.78, 5) is 2.16. The van der Waals surface area contributed by atoms with Gasteiger partial charge in [-0.15, -0.1) is 0 Å². The molecule has 0 bridgehead atoms. The Morgan fingerprint density at radius 2 is 1.69 bits per heavy atom. The molecular weight excluding hydrogens is 334 g/mol. The van der Waals surface area contributed by atoms with Crippen LogP contribution < -0.4 is 23.7 Å². The number of fused-ring (bicyclic) bond motifs is 1. The Morgan fingerprint density at radius 3 is 2.38 bits per heavy atom. The number of hydrogen-bond donors (Lipinski definition) is 0. The molecule has 0 saturated carbocycles. The highest BCUT2D eigenvalue weighted by Gasteiger charge is 2.22. The number of nitrogens with zero attached hydrogens (tertiary/aromatic N) is 1. The highest BCUT2D eigenvalue weighted by Crippen LogP contribution is 2.36. The first kappa shape index (κ1) is 18.2. The standard InChI is InChI=1S/C20H25NO5/c1-21(13-15-14-25-16-7-4-5-8-17(16)26-15)11-12-24-20-18(22-2)9-6-10-19(20)23-3/h4-10,15H,11-14H2,1-3H3. The van der Waals surface area contributed by atoms with Crippen LogP contribution in [0.3, 0.4) is 0 Å². The van der Waals surface area contributed by atoms with Crippen LogP contribution in [0.5, 0.6) is 28.7 Å². The van der Waals surface area contributed by atoms with Crippen molar-refractivity contribution in [1.82, 2.24) is 4.90 Å². The van der Waals surface area contributed by atoms with Crippen molar-refractivity contribution in [3.05, 3.63) is 42.5 Å². The lowest BCUT2D eigenvalue weighted by atomic mass is 10.2. The van der Waals surface area contributed by atoms with Crippen LogP contribution >= 0.6 is 0 Å². The van der Waals surface area contributed by atoms with Crippen LogP contribution in [0.25, 0.3) is 0 Å². The zero-order valence-electron chi connectivity index (χ0n) is 15.4. The number of methoxy groups -OCH3 is 2. The fraction of sp³-hybridized carbons (Fsp3) is 0.400. The summed E-state index contributed by atoms with van der Waals surface area (Å²) < 4.78 is 28.3. The van der Waals surface area contributed by atoms with E-state index in [9.17, 15) is 0 Å². The molecule has 0 N–H and O–H groups in total. The largest absolute Gasteiger partial charge is 0.493 e. The summed E-state index contributed by atoms with van der Waals surface area (Å²) in [6.07, 6.45) is -0.00398. The first-order chi connectivity index (χ1) is 12.7. The van der Waals surface area contributed by atoms with Gasteiger partial charge in [-0.2, -0.15) is 0 Å². The quantitative estimate of drug-likeness (QED) is 0.722. The molecular formula is C20H25NO5. The lowest BCUT2D eigenvalue weighted by Crippen LogP contribution is -2.40. The van der Waals surface area contributed by atoms with Crippen molar-refractivity contribution in [3.63, 3.8) is 0 Å². The van der Waals surface area contributed by atoms with Crippen molar-refractivity contribution >= 4 is 0 Å². The van der Waals surface area contributed by atoms with Crippen LogP contribution in [-0.2, 0) is 0 Å². The Kier molecular flexibility index (Phi) is 6.07. The number of para-hydroxylation sites is 3. The molecule has 6 heteroatoms. The number of benzene rings is 2. The Hall–Kier alpha value is -2.60. The van der Waals surface area contributed by atoms with E-state index in [2.05, 4.69) is 4.90 Å². The molecule has 2 aromatic carbocycles. The Labute approximate surface area is 154 Å². The van der Waals surface area contributed by atoms with Crippen LogP contribution in [0, 0.1) is 0 Å².